The van der Waals surface area contributed by atoms with Crippen LogP contribution in [0.5, 0.6) is 11.5 Å². The normalized spacial score (nSPS) is 19.7. The van der Waals surface area contributed by atoms with Gasteiger partial charge in [0, 0.05) is 20.3 Å². The van der Waals surface area contributed by atoms with Gasteiger partial charge in [-0.05, 0) is 0 Å². The molecular weight excluding hydrogens is 298 g/mol. The standard InChI is InChI=1S/C13H15NO8/c1-19-5-11-12(6-20-2)22-10-4-8(14(17)18)7(13(15)16)3-9(10)21-11/h3-4,11-12H,5-6H2,1-2H3,(H,15,16)/t11-,12-/m1/s1. The van der Waals surface area contributed by atoms with Gasteiger partial charge in [0.05, 0.1) is 24.2 Å². The monoisotopic (exact) mass is 313 g/mol. The fraction of sp³-hybridized carbons (Fsp3) is 0.462. The number of nitrogens with zero attached hydrogens (tertiary/aromatic N) is 1. The van der Waals surface area contributed by atoms with Crippen molar-refractivity contribution in [2.24, 2.45) is 0 Å². The van der Waals surface area contributed by atoms with Crippen LogP contribution < -0.4 is 9.47 Å². The molecule has 0 bridgehead atoms. The number of nitro benzene ring substituents is 1. The first-order valence-electron chi connectivity index (χ1n) is 6.34. The lowest BCUT2D eigenvalue weighted by Gasteiger charge is -2.33. The van der Waals surface area contributed by atoms with Gasteiger partial charge in [-0.25, -0.2) is 4.79 Å². The zero-order valence-electron chi connectivity index (χ0n) is 12.0. The summed E-state index contributed by atoms with van der Waals surface area (Å²) in [5, 5.41) is 20.1. The molecule has 0 aromatic heterocycles. The summed E-state index contributed by atoms with van der Waals surface area (Å²) in [4.78, 5) is 21.3. The number of hydrogen-bond acceptors (Lipinski definition) is 7. The van der Waals surface area contributed by atoms with Gasteiger partial charge in [0.15, 0.2) is 23.7 Å². The minimum Gasteiger partial charge on any atom is -0.480 e. The second-order valence-electron chi connectivity index (χ2n) is 4.60. The molecule has 22 heavy (non-hydrogen) atoms. The molecule has 9 heteroatoms. The highest BCUT2D eigenvalue weighted by Gasteiger charge is 2.35. The second kappa shape index (κ2) is 6.58. The number of benzene rings is 1. The molecule has 0 radical (unpaired) electrons. The molecule has 1 aromatic carbocycles. The first-order valence-corrected chi connectivity index (χ1v) is 6.34. The average Bonchev–Trinajstić information content (AvgIpc) is 2.47. The molecule has 0 amide bonds. The Morgan fingerprint density at radius 1 is 1.23 bits per heavy atom. The van der Waals surface area contributed by atoms with E-state index in [0.717, 1.165) is 12.1 Å². The van der Waals surface area contributed by atoms with Crippen LogP contribution >= 0.6 is 0 Å². The van der Waals surface area contributed by atoms with Crippen molar-refractivity contribution in [2.45, 2.75) is 12.2 Å². The highest BCUT2D eigenvalue weighted by atomic mass is 16.6. The Hall–Kier alpha value is -2.39. The van der Waals surface area contributed by atoms with Crippen LogP contribution in [0.15, 0.2) is 12.1 Å². The Balaban J connectivity index is 2.43. The van der Waals surface area contributed by atoms with Gasteiger partial charge in [0.25, 0.3) is 5.69 Å². The number of hydrogen-bond donors (Lipinski definition) is 1. The van der Waals surface area contributed by atoms with Gasteiger partial charge < -0.3 is 24.1 Å². The maximum absolute atomic E-state index is 11.1. The number of nitro groups is 1. The van der Waals surface area contributed by atoms with Gasteiger partial charge in [-0.3, -0.25) is 10.1 Å². The summed E-state index contributed by atoms with van der Waals surface area (Å²) in [5.41, 5.74) is -1.02. The first-order chi connectivity index (χ1) is 10.5. The van der Waals surface area contributed by atoms with E-state index in [0.29, 0.717) is 0 Å². The number of ether oxygens (including phenoxy) is 4. The molecule has 2 rings (SSSR count). The van der Waals surface area contributed by atoms with Crippen molar-refractivity contribution in [2.75, 3.05) is 27.4 Å². The molecule has 9 nitrogen and oxygen atoms in total. The number of fused-ring (bicyclic) bond motifs is 1. The van der Waals surface area contributed by atoms with E-state index in [1.807, 2.05) is 0 Å². The smallest absolute Gasteiger partial charge is 0.342 e. The lowest BCUT2D eigenvalue weighted by atomic mass is 10.1. The molecule has 0 unspecified atom stereocenters. The number of rotatable bonds is 6. The molecule has 0 fully saturated rings. The van der Waals surface area contributed by atoms with Crippen molar-refractivity contribution in [1.82, 2.24) is 0 Å². The van der Waals surface area contributed by atoms with Crippen LogP contribution in [0.25, 0.3) is 0 Å². The summed E-state index contributed by atoms with van der Waals surface area (Å²) in [7, 11) is 2.97. The van der Waals surface area contributed by atoms with Crippen LogP contribution in [-0.4, -0.2) is 55.6 Å². The van der Waals surface area contributed by atoms with E-state index in [-0.39, 0.29) is 24.7 Å². The van der Waals surface area contributed by atoms with E-state index >= 15 is 0 Å². The zero-order valence-corrected chi connectivity index (χ0v) is 12.0. The van der Waals surface area contributed by atoms with Gasteiger partial charge in [-0.2, -0.15) is 0 Å². The van der Waals surface area contributed by atoms with Crippen LogP contribution in [0.3, 0.4) is 0 Å². The van der Waals surface area contributed by atoms with E-state index in [2.05, 4.69) is 0 Å². The van der Waals surface area contributed by atoms with Gasteiger partial charge in [0.2, 0.25) is 0 Å². The third-order valence-electron chi connectivity index (χ3n) is 3.12. The summed E-state index contributed by atoms with van der Waals surface area (Å²) in [6.07, 6.45) is -1.03. The second-order valence-corrected chi connectivity index (χ2v) is 4.60. The Morgan fingerprint density at radius 3 is 2.14 bits per heavy atom. The summed E-state index contributed by atoms with van der Waals surface area (Å²) < 4.78 is 21.3. The van der Waals surface area contributed by atoms with E-state index < -0.39 is 34.4 Å². The number of aromatic carboxylic acids is 1. The first kappa shape index (κ1) is 16.0. The fourth-order valence-electron chi connectivity index (χ4n) is 2.14. The predicted molar refractivity (Wildman–Crippen MR) is 72.6 cm³/mol. The van der Waals surface area contributed by atoms with Crippen LogP contribution in [0.2, 0.25) is 0 Å². The summed E-state index contributed by atoms with van der Waals surface area (Å²) in [6, 6.07) is 2.13. The number of carbonyl (C=O) groups is 1. The largest absolute Gasteiger partial charge is 0.480 e. The number of carboxylic acid groups (broad SMARTS) is 1. The Kier molecular flexibility index (Phi) is 4.78. The maximum Gasteiger partial charge on any atom is 0.342 e. The topological polar surface area (TPSA) is 117 Å². The Labute approximate surface area is 125 Å². The Bertz CT molecular complexity index is 537. The zero-order chi connectivity index (χ0) is 16.3. The highest BCUT2D eigenvalue weighted by molar-refractivity contribution is 5.93. The van der Waals surface area contributed by atoms with E-state index in [1.165, 1.54) is 14.2 Å². The minimum absolute atomic E-state index is 0.103. The lowest BCUT2D eigenvalue weighted by molar-refractivity contribution is -0.385. The molecular formula is C13H15NO8. The summed E-state index contributed by atoms with van der Waals surface area (Å²) >= 11 is 0. The van der Waals surface area contributed by atoms with Crippen molar-refractivity contribution in [3.8, 4) is 11.5 Å². The molecule has 0 spiro atoms. The van der Waals surface area contributed by atoms with E-state index in [4.69, 9.17) is 24.1 Å². The maximum atomic E-state index is 11.1. The van der Waals surface area contributed by atoms with Gasteiger partial charge >= 0.3 is 5.97 Å². The van der Waals surface area contributed by atoms with Crippen molar-refractivity contribution in [3.05, 3.63) is 27.8 Å². The number of methoxy groups -OCH3 is 2. The third-order valence-corrected chi connectivity index (χ3v) is 3.12. The summed E-state index contributed by atoms with van der Waals surface area (Å²) in [5.74, 6) is -1.19. The van der Waals surface area contributed by atoms with Gasteiger partial charge in [-0.1, -0.05) is 0 Å². The molecule has 0 saturated carbocycles. The molecule has 1 N–H and O–H groups in total. The van der Waals surface area contributed by atoms with E-state index in [1.54, 1.807) is 0 Å². The molecule has 2 atom stereocenters. The van der Waals surface area contributed by atoms with Crippen molar-refractivity contribution in [3.63, 3.8) is 0 Å². The summed E-state index contributed by atoms with van der Waals surface area (Å²) in [6.45, 7) is 0.398. The van der Waals surface area contributed by atoms with Crippen LogP contribution in [-0.2, 0) is 9.47 Å². The minimum atomic E-state index is -1.42. The van der Waals surface area contributed by atoms with Crippen LogP contribution in [0, 0.1) is 10.1 Å². The fourth-order valence-corrected chi connectivity index (χ4v) is 2.14. The van der Waals surface area contributed by atoms with Crippen LogP contribution in [0.4, 0.5) is 5.69 Å². The molecule has 1 aliphatic rings. The molecule has 0 saturated heterocycles. The molecule has 1 aliphatic heterocycles. The molecule has 1 aromatic rings. The lowest BCUT2D eigenvalue weighted by Crippen LogP contribution is -2.45. The van der Waals surface area contributed by atoms with Gasteiger partial charge in [-0.15, -0.1) is 0 Å². The van der Waals surface area contributed by atoms with Crippen LogP contribution in [0.1, 0.15) is 10.4 Å². The third kappa shape index (κ3) is 3.10. The average molecular weight is 313 g/mol. The van der Waals surface area contributed by atoms with Crippen molar-refractivity contribution < 1.29 is 33.8 Å². The van der Waals surface area contributed by atoms with Gasteiger partial charge in [0.1, 0.15) is 5.56 Å². The van der Waals surface area contributed by atoms with Crippen molar-refractivity contribution >= 4 is 11.7 Å². The SMILES string of the molecule is COC[C@H]1Oc2cc(C(=O)O)c([N+](=O)[O-])cc2O[C@@H]1COC. The Morgan fingerprint density at radius 2 is 1.73 bits per heavy atom. The quantitative estimate of drug-likeness (QED) is 0.612. The molecule has 0 aliphatic carbocycles. The molecule has 1 heterocycles. The van der Waals surface area contributed by atoms with Crippen molar-refractivity contribution in [1.29, 1.82) is 0 Å². The predicted octanol–water partition coefficient (Wildman–Crippen LogP) is 1.09. The molecule has 120 valence electrons. The highest BCUT2D eigenvalue weighted by Crippen LogP contribution is 2.39. The number of carboxylic acids is 1. The van der Waals surface area contributed by atoms with E-state index in [9.17, 15) is 14.9 Å².